The number of hydrogen-bond donors (Lipinski definition) is 1. The van der Waals surface area contributed by atoms with Crippen LogP contribution >= 0.6 is 0 Å². The summed E-state index contributed by atoms with van der Waals surface area (Å²) in [5.41, 5.74) is 2.18. The predicted molar refractivity (Wildman–Crippen MR) is 65.4 cm³/mol. The Balaban J connectivity index is 0. The van der Waals surface area contributed by atoms with E-state index in [9.17, 15) is 0 Å². The Bertz CT molecular complexity index is 259. The molecule has 2 heteroatoms. The molecule has 0 aliphatic heterocycles. The van der Waals surface area contributed by atoms with Crippen LogP contribution in [0.3, 0.4) is 0 Å². The molecule has 1 aromatic heterocycles. The first-order valence-corrected chi connectivity index (χ1v) is 4.90. The average Bonchev–Trinajstić information content (AvgIpc) is 2.53. The fourth-order valence-corrected chi connectivity index (χ4v) is 0.948. The summed E-state index contributed by atoms with van der Waals surface area (Å²) >= 11 is 0. The van der Waals surface area contributed by atoms with E-state index < -0.39 is 0 Å². The van der Waals surface area contributed by atoms with E-state index in [1.54, 1.807) is 0 Å². The van der Waals surface area contributed by atoms with Gasteiger partial charge in [-0.05, 0) is 26.8 Å². The topological polar surface area (TPSA) is 28.7 Å². The van der Waals surface area contributed by atoms with Crippen LogP contribution < -0.4 is 0 Å². The van der Waals surface area contributed by atoms with Crippen LogP contribution in [0.5, 0.6) is 0 Å². The molecule has 80 valence electrons. The third-order valence-corrected chi connectivity index (χ3v) is 1.37. The second kappa shape index (κ2) is 9.78. The quantitative estimate of drug-likeness (QED) is 0.675. The van der Waals surface area contributed by atoms with E-state index in [1.165, 1.54) is 0 Å². The molecule has 0 saturated carbocycles. The highest BCUT2D eigenvalue weighted by Crippen LogP contribution is 2.05. The van der Waals surface area contributed by atoms with E-state index in [1.807, 2.05) is 46.8 Å². The summed E-state index contributed by atoms with van der Waals surface area (Å²) in [6.07, 6.45) is 3.99. The molecule has 0 atom stereocenters. The van der Waals surface area contributed by atoms with Gasteiger partial charge in [-0.25, -0.2) is 4.98 Å². The molecule has 0 aliphatic rings. The molecule has 0 amide bonds. The molecular weight excluding hydrogens is 172 g/mol. The van der Waals surface area contributed by atoms with Gasteiger partial charge in [0.1, 0.15) is 5.82 Å². The van der Waals surface area contributed by atoms with Crippen molar-refractivity contribution in [3.05, 3.63) is 36.4 Å². The standard InChI is InChI=1S/C8H12N2.C2H6.C2H4/c1-4-5-8-6(2)9-7(3)10-8;2*1-2/h4-5H,1-3H3,(H,9,10);1-2H3;1-2H2/b5-4-;;. The third-order valence-electron chi connectivity index (χ3n) is 1.37. The van der Waals surface area contributed by atoms with Crippen LogP contribution in [-0.4, -0.2) is 9.97 Å². The van der Waals surface area contributed by atoms with Crippen LogP contribution in [-0.2, 0) is 0 Å². The highest BCUT2D eigenvalue weighted by Gasteiger charge is 1.97. The van der Waals surface area contributed by atoms with Crippen molar-refractivity contribution in [2.75, 3.05) is 0 Å². The summed E-state index contributed by atoms with van der Waals surface area (Å²) in [5.74, 6) is 0.977. The molecule has 1 aromatic rings. The zero-order valence-electron chi connectivity index (χ0n) is 10.0. The van der Waals surface area contributed by atoms with E-state index in [2.05, 4.69) is 23.1 Å². The Hall–Kier alpha value is -1.31. The number of imidazole rings is 1. The predicted octanol–water partition coefficient (Wildman–Crippen LogP) is 3.89. The van der Waals surface area contributed by atoms with E-state index in [0.29, 0.717) is 0 Å². The van der Waals surface area contributed by atoms with Crippen molar-refractivity contribution in [2.24, 2.45) is 0 Å². The van der Waals surface area contributed by atoms with Gasteiger partial charge in [0.25, 0.3) is 0 Å². The van der Waals surface area contributed by atoms with Gasteiger partial charge in [0.15, 0.2) is 0 Å². The molecule has 0 saturated heterocycles. The van der Waals surface area contributed by atoms with Crippen LogP contribution in [0.4, 0.5) is 0 Å². The van der Waals surface area contributed by atoms with Gasteiger partial charge in [-0.1, -0.05) is 19.9 Å². The van der Waals surface area contributed by atoms with Gasteiger partial charge in [0.2, 0.25) is 0 Å². The summed E-state index contributed by atoms with van der Waals surface area (Å²) in [4.78, 5) is 7.39. The Labute approximate surface area is 87.8 Å². The van der Waals surface area contributed by atoms with Gasteiger partial charge >= 0.3 is 0 Å². The molecule has 2 nitrogen and oxygen atoms in total. The fraction of sp³-hybridized carbons (Fsp3) is 0.417. The van der Waals surface area contributed by atoms with E-state index in [0.717, 1.165) is 17.2 Å². The summed E-state index contributed by atoms with van der Waals surface area (Å²) in [5, 5.41) is 0. The van der Waals surface area contributed by atoms with Crippen molar-refractivity contribution in [3.8, 4) is 0 Å². The van der Waals surface area contributed by atoms with Gasteiger partial charge in [0, 0.05) is 5.69 Å². The summed E-state index contributed by atoms with van der Waals surface area (Å²) in [6.45, 7) is 16.0. The molecule has 0 aromatic carbocycles. The van der Waals surface area contributed by atoms with Crippen LogP contribution in [0, 0.1) is 13.8 Å². The Kier molecular flexibility index (Phi) is 10.6. The molecule has 0 spiro atoms. The summed E-state index contributed by atoms with van der Waals surface area (Å²) in [7, 11) is 0. The zero-order valence-corrected chi connectivity index (χ0v) is 10.0. The van der Waals surface area contributed by atoms with Crippen LogP contribution in [0.1, 0.15) is 38.0 Å². The minimum Gasteiger partial charge on any atom is -0.346 e. The van der Waals surface area contributed by atoms with Crippen molar-refractivity contribution in [1.29, 1.82) is 0 Å². The monoisotopic (exact) mass is 194 g/mol. The molecule has 14 heavy (non-hydrogen) atoms. The molecule has 0 unspecified atom stereocenters. The van der Waals surface area contributed by atoms with Crippen molar-refractivity contribution in [1.82, 2.24) is 9.97 Å². The minimum absolute atomic E-state index is 0.977. The fourth-order valence-electron chi connectivity index (χ4n) is 0.948. The number of rotatable bonds is 1. The average molecular weight is 194 g/mol. The second-order valence-electron chi connectivity index (χ2n) is 2.33. The third kappa shape index (κ3) is 5.36. The van der Waals surface area contributed by atoms with Crippen molar-refractivity contribution < 1.29 is 0 Å². The number of aromatic nitrogens is 2. The van der Waals surface area contributed by atoms with Gasteiger partial charge < -0.3 is 4.98 Å². The molecule has 1 rings (SSSR count). The van der Waals surface area contributed by atoms with Gasteiger partial charge in [-0.2, -0.15) is 0 Å². The number of hydrogen-bond acceptors (Lipinski definition) is 1. The van der Waals surface area contributed by atoms with Crippen LogP contribution in [0.25, 0.3) is 6.08 Å². The molecule has 0 bridgehead atoms. The maximum Gasteiger partial charge on any atom is 0.103 e. The maximum atomic E-state index is 4.26. The highest BCUT2D eigenvalue weighted by atomic mass is 14.9. The molecule has 0 aliphatic carbocycles. The number of nitrogens with zero attached hydrogens (tertiary/aromatic N) is 1. The number of allylic oxidation sites excluding steroid dienone is 1. The first kappa shape index (κ1) is 15.2. The lowest BCUT2D eigenvalue weighted by atomic mass is 10.3. The number of aryl methyl sites for hydroxylation is 2. The number of nitrogens with one attached hydrogen (secondary N) is 1. The first-order chi connectivity index (χ1) is 6.74. The van der Waals surface area contributed by atoms with Crippen LogP contribution in [0.2, 0.25) is 0 Å². The van der Waals surface area contributed by atoms with Crippen molar-refractivity contribution >= 4 is 6.08 Å². The van der Waals surface area contributed by atoms with Crippen molar-refractivity contribution in [3.63, 3.8) is 0 Å². The first-order valence-electron chi connectivity index (χ1n) is 4.90. The van der Waals surface area contributed by atoms with Gasteiger partial charge in [0.05, 0.1) is 5.69 Å². The lowest BCUT2D eigenvalue weighted by molar-refractivity contribution is 1.13. The molecular formula is C12H22N2. The maximum absolute atomic E-state index is 4.26. The van der Waals surface area contributed by atoms with E-state index >= 15 is 0 Å². The van der Waals surface area contributed by atoms with Crippen LogP contribution in [0.15, 0.2) is 19.2 Å². The largest absolute Gasteiger partial charge is 0.346 e. The summed E-state index contributed by atoms with van der Waals surface area (Å²) in [6, 6.07) is 0. The Morgan fingerprint density at radius 2 is 1.71 bits per heavy atom. The van der Waals surface area contributed by atoms with Gasteiger partial charge in [-0.3, -0.25) is 0 Å². The highest BCUT2D eigenvalue weighted by molar-refractivity contribution is 5.46. The van der Waals surface area contributed by atoms with E-state index in [-0.39, 0.29) is 0 Å². The second-order valence-corrected chi connectivity index (χ2v) is 2.33. The molecule has 0 fully saturated rings. The minimum atomic E-state index is 0.977. The Morgan fingerprint density at radius 3 is 2.00 bits per heavy atom. The number of aromatic amines is 1. The SMILES string of the molecule is C/C=C\c1nc(C)[nH]c1C.C=C.CC. The van der Waals surface area contributed by atoms with Crippen molar-refractivity contribution in [2.45, 2.75) is 34.6 Å². The smallest absolute Gasteiger partial charge is 0.103 e. The number of H-pyrrole nitrogens is 1. The Morgan fingerprint density at radius 1 is 1.21 bits per heavy atom. The molecule has 0 radical (unpaired) electrons. The lowest BCUT2D eigenvalue weighted by Crippen LogP contribution is -1.73. The lowest BCUT2D eigenvalue weighted by Gasteiger charge is -1.83. The molecule has 1 heterocycles. The zero-order chi connectivity index (χ0) is 11.6. The molecule has 1 N–H and O–H groups in total. The van der Waals surface area contributed by atoms with E-state index in [4.69, 9.17) is 0 Å². The summed E-state index contributed by atoms with van der Waals surface area (Å²) < 4.78 is 0. The van der Waals surface area contributed by atoms with Gasteiger partial charge in [-0.15, -0.1) is 13.2 Å². The normalized spacial score (nSPS) is 8.64.